The van der Waals surface area contributed by atoms with E-state index in [9.17, 15) is 14.4 Å². The fourth-order valence-electron chi connectivity index (χ4n) is 2.83. The highest BCUT2D eigenvalue weighted by Crippen LogP contribution is 2.35. The summed E-state index contributed by atoms with van der Waals surface area (Å²) >= 11 is 3.06. The van der Waals surface area contributed by atoms with Gasteiger partial charge in [0.2, 0.25) is 5.91 Å². The molecular formula is C23H25NO4S2. The van der Waals surface area contributed by atoms with E-state index < -0.39 is 11.4 Å². The van der Waals surface area contributed by atoms with Crippen LogP contribution in [-0.2, 0) is 14.3 Å². The molecule has 0 saturated carbocycles. The molecule has 0 fully saturated rings. The number of Topliss-reactive ketones (excluding diaryl/α,β-unsaturated/α-hetero) is 1. The van der Waals surface area contributed by atoms with Gasteiger partial charge in [0.1, 0.15) is 0 Å². The van der Waals surface area contributed by atoms with Crippen molar-refractivity contribution in [2.75, 3.05) is 29.6 Å². The van der Waals surface area contributed by atoms with Crippen LogP contribution in [0, 0.1) is 5.41 Å². The first-order valence-corrected chi connectivity index (χ1v) is 11.7. The van der Waals surface area contributed by atoms with E-state index >= 15 is 0 Å². The summed E-state index contributed by atoms with van der Waals surface area (Å²) in [7, 11) is 0. The molecule has 0 spiro atoms. The van der Waals surface area contributed by atoms with Crippen LogP contribution in [-0.4, -0.2) is 42.3 Å². The Hall–Kier alpha value is -2.25. The molecule has 1 aliphatic rings. The molecule has 0 saturated heterocycles. The third kappa shape index (κ3) is 5.46. The number of amides is 1. The Kier molecular flexibility index (Phi) is 7.26. The van der Waals surface area contributed by atoms with E-state index in [4.69, 9.17) is 4.74 Å². The van der Waals surface area contributed by atoms with Crippen molar-refractivity contribution in [2.45, 2.75) is 30.6 Å². The maximum Gasteiger partial charge on any atom is 0.339 e. The second-order valence-corrected chi connectivity index (χ2v) is 10.0. The van der Waals surface area contributed by atoms with Crippen LogP contribution >= 0.6 is 23.5 Å². The first-order chi connectivity index (χ1) is 14.3. The number of benzene rings is 2. The van der Waals surface area contributed by atoms with E-state index in [0.29, 0.717) is 17.0 Å². The Morgan fingerprint density at radius 1 is 1.07 bits per heavy atom. The zero-order valence-electron chi connectivity index (χ0n) is 17.3. The Balaban J connectivity index is 1.65. The highest BCUT2D eigenvalue weighted by atomic mass is 32.2. The largest absolute Gasteiger partial charge is 0.454 e. The maximum atomic E-state index is 12.9. The molecule has 1 aliphatic heterocycles. The van der Waals surface area contributed by atoms with Gasteiger partial charge in [-0.3, -0.25) is 9.59 Å². The SMILES string of the molecule is CC(C)(C)C(=O)COC(=O)c1ccccc1SCC(=O)N1CCSc2ccccc21. The monoisotopic (exact) mass is 443 g/mol. The van der Waals surface area contributed by atoms with Crippen LogP contribution in [0.25, 0.3) is 0 Å². The average Bonchev–Trinajstić information content (AvgIpc) is 2.74. The number of rotatable bonds is 6. The van der Waals surface area contributed by atoms with Gasteiger partial charge in [0, 0.05) is 27.5 Å². The van der Waals surface area contributed by atoms with Gasteiger partial charge in [0.15, 0.2) is 12.4 Å². The lowest BCUT2D eigenvalue weighted by molar-refractivity contribution is -0.129. The van der Waals surface area contributed by atoms with Gasteiger partial charge in [-0.1, -0.05) is 45.0 Å². The predicted octanol–water partition coefficient (Wildman–Crippen LogP) is 4.69. The van der Waals surface area contributed by atoms with Crippen molar-refractivity contribution in [3.05, 3.63) is 54.1 Å². The number of ketones is 1. The van der Waals surface area contributed by atoms with Crippen LogP contribution < -0.4 is 4.90 Å². The molecule has 0 atom stereocenters. The van der Waals surface area contributed by atoms with Crippen molar-refractivity contribution < 1.29 is 19.1 Å². The van der Waals surface area contributed by atoms with Crippen molar-refractivity contribution in [1.82, 2.24) is 0 Å². The number of anilines is 1. The standard InChI is InChI=1S/C23H25NO4S2/c1-23(2,3)20(25)14-28-22(27)16-8-4-6-10-18(16)30-15-21(26)24-12-13-29-19-11-7-5-9-17(19)24/h4-11H,12-15H2,1-3H3. The molecule has 0 N–H and O–H groups in total. The van der Waals surface area contributed by atoms with Crippen LogP contribution in [0.2, 0.25) is 0 Å². The first-order valence-electron chi connectivity index (χ1n) is 9.72. The number of hydrogen-bond acceptors (Lipinski definition) is 6. The van der Waals surface area contributed by atoms with E-state index in [2.05, 4.69) is 0 Å². The molecule has 1 amide bonds. The molecule has 0 aromatic heterocycles. The van der Waals surface area contributed by atoms with Crippen molar-refractivity contribution >= 4 is 46.9 Å². The summed E-state index contributed by atoms with van der Waals surface area (Å²) in [6.45, 7) is 5.77. The fraction of sp³-hybridized carbons (Fsp3) is 0.348. The minimum absolute atomic E-state index is 0.00108. The molecule has 3 rings (SSSR count). The van der Waals surface area contributed by atoms with E-state index in [1.807, 2.05) is 35.2 Å². The molecule has 7 heteroatoms. The van der Waals surface area contributed by atoms with Crippen LogP contribution in [0.4, 0.5) is 5.69 Å². The molecule has 0 aliphatic carbocycles. The zero-order valence-corrected chi connectivity index (χ0v) is 19.0. The lowest BCUT2D eigenvalue weighted by Crippen LogP contribution is -2.36. The number of para-hydroxylation sites is 1. The van der Waals surface area contributed by atoms with Crippen molar-refractivity contribution in [3.63, 3.8) is 0 Å². The number of nitrogens with zero attached hydrogens (tertiary/aromatic N) is 1. The number of fused-ring (bicyclic) bond motifs is 1. The van der Waals surface area contributed by atoms with Gasteiger partial charge in [-0.15, -0.1) is 23.5 Å². The smallest absolute Gasteiger partial charge is 0.339 e. The number of ether oxygens (including phenoxy) is 1. The minimum atomic E-state index is -0.565. The predicted molar refractivity (Wildman–Crippen MR) is 121 cm³/mol. The van der Waals surface area contributed by atoms with E-state index in [-0.39, 0.29) is 24.1 Å². The van der Waals surface area contributed by atoms with E-state index in [1.165, 1.54) is 11.8 Å². The highest BCUT2D eigenvalue weighted by Gasteiger charge is 2.25. The van der Waals surface area contributed by atoms with Gasteiger partial charge in [-0.2, -0.15) is 0 Å². The van der Waals surface area contributed by atoms with Gasteiger partial charge in [0.05, 0.1) is 17.0 Å². The van der Waals surface area contributed by atoms with Gasteiger partial charge in [0.25, 0.3) is 0 Å². The van der Waals surface area contributed by atoms with Gasteiger partial charge in [-0.25, -0.2) is 4.79 Å². The van der Waals surface area contributed by atoms with Crippen molar-refractivity contribution in [1.29, 1.82) is 0 Å². The van der Waals surface area contributed by atoms with E-state index in [1.54, 1.807) is 50.7 Å². The Bertz CT molecular complexity index is 952. The third-order valence-electron chi connectivity index (χ3n) is 4.66. The summed E-state index contributed by atoms with van der Waals surface area (Å²) in [5.41, 5.74) is 0.739. The average molecular weight is 444 g/mol. The molecule has 2 aromatic carbocycles. The molecule has 5 nitrogen and oxygen atoms in total. The van der Waals surface area contributed by atoms with Crippen LogP contribution in [0.5, 0.6) is 0 Å². The normalized spacial score (nSPS) is 13.5. The summed E-state index contributed by atoms with van der Waals surface area (Å²) in [5.74, 6) is 0.377. The number of hydrogen-bond donors (Lipinski definition) is 0. The molecule has 1 heterocycles. The van der Waals surface area contributed by atoms with Crippen molar-refractivity contribution in [3.8, 4) is 0 Å². The molecule has 0 radical (unpaired) electrons. The second-order valence-electron chi connectivity index (χ2n) is 7.90. The Morgan fingerprint density at radius 2 is 1.77 bits per heavy atom. The Labute approximate surface area is 185 Å². The zero-order chi connectivity index (χ0) is 21.7. The Morgan fingerprint density at radius 3 is 2.53 bits per heavy atom. The maximum absolute atomic E-state index is 12.9. The minimum Gasteiger partial charge on any atom is -0.454 e. The first kappa shape index (κ1) is 22.4. The number of carbonyl (C=O) groups excluding carboxylic acids is 3. The number of carbonyl (C=O) groups is 3. The van der Waals surface area contributed by atoms with Gasteiger partial charge in [-0.05, 0) is 24.3 Å². The summed E-state index contributed by atoms with van der Waals surface area (Å²) in [6, 6.07) is 14.9. The van der Waals surface area contributed by atoms with Gasteiger partial charge < -0.3 is 9.64 Å². The van der Waals surface area contributed by atoms with Crippen molar-refractivity contribution in [2.24, 2.45) is 5.41 Å². The van der Waals surface area contributed by atoms with Crippen LogP contribution in [0.3, 0.4) is 0 Å². The highest BCUT2D eigenvalue weighted by molar-refractivity contribution is 8.00. The molecule has 2 aromatic rings. The molecule has 158 valence electrons. The molecular weight excluding hydrogens is 418 g/mol. The third-order valence-corrected chi connectivity index (χ3v) is 6.76. The quantitative estimate of drug-likeness (QED) is 0.477. The molecule has 0 bridgehead atoms. The summed E-state index contributed by atoms with van der Waals surface area (Å²) in [5, 5.41) is 0. The lowest BCUT2D eigenvalue weighted by Gasteiger charge is -2.29. The van der Waals surface area contributed by atoms with E-state index in [0.717, 1.165) is 16.3 Å². The molecule has 0 unspecified atom stereocenters. The van der Waals surface area contributed by atoms with Crippen LogP contribution in [0.1, 0.15) is 31.1 Å². The lowest BCUT2D eigenvalue weighted by atomic mass is 9.91. The second kappa shape index (κ2) is 9.71. The number of thioether (sulfide) groups is 2. The fourth-order valence-corrected chi connectivity index (χ4v) is 4.74. The van der Waals surface area contributed by atoms with Gasteiger partial charge >= 0.3 is 5.97 Å². The van der Waals surface area contributed by atoms with Crippen LogP contribution in [0.15, 0.2) is 58.3 Å². The summed E-state index contributed by atoms with van der Waals surface area (Å²) in [6.07, 6.45) is 0. The molecule has 30 heavy (non-hydrogen) atoms. The summed E-state index contributed by atoms with van der Waals surface area (Å²) in [4.78, 5) is 41.0. The topological polar surface area (TPSA) is 63.7 Å². The number of esters is 1. The summed E-state index contributed by atoms with van der Waals surface area (Å²) < 4.78 is 5.23.